The number of anilines is 1. The van der Waals surface area contributed by atoms with Crippen LogP contribution in [0.15, 0.2) is 47.4 Å². The summed E-state index contributed by atoms with van der Waals surface area (Å²) >= 11 is 0. The lowest BCUT2D eigenvalue weighted by molar-refractivity contribution is -0.270. The van der Waals surface area contributed by atoms with Gasteiger partial charge in [-0.15, -0.1) is 0 Å². The molecular formula is C22H24F4N4O3. The summed E-state index contributed by atoms with van der Waals surface area (Å²) in [5.41, 5.74) is -3.74. The number of nitrogens with one attached hydrogen (secondary N) is 1. The third-order valence-corrected chi connectivity index (χ3v) is 5.32. The van der Waals surface area contributed by atoms with Crippen LogP contribution >= 0.6 is 0 Å². The second-order valence-corrected chi connectivity index (χ2v) is 7.96. The molecule has 1 aromatic heterocycles. The average Bonchev–Trinajstić information content (AvgIpc) is 2.73. The van der Waals surface area contributed by atoms with Gasteiger partial charge in [-0.2, -0.15) is 18.3 Å². The van der Waals surface area contributed by atoms with Gasteiger partial charge < -0.3 is 20.1 Å². The lowest BCUT2D eigenvalue weighted by Gasteiger charge is -2.40. The minimum Gasteiger partial charge on any atom is -0.496 e. The Bertz CT molecular complexity index is 1210. The smallest absolute Gasteiger partial charge is 0.420 e. The molecule has 7 nitrogen and oxygen atoms in total. The van der Waals surface area contributed by atoms with Crippen molar-refractivity contribution in [2.24, 2.45) is 7.05 Å². The molecular weight excluding hydrogens is 444 g/mol. The maximum Gasteiger partial charge on any atom is 0.420 e. The van der Waals surface area contributed by atoms with Gasteiger partial charge >= 0.3 is 6.18 Å². The first-order chi connectivity index (χ1) is 15.4. The molecule has 2 atom stereocenters. The molecule has 2 N–H and O–H groups in total. The third kappa shape index (κ3) is 4.64. The standard InChI is InChI=1S/C22H24F4N4O3/c1-29(2)12-21(32,22(24,25)26)19(15-9-8-13(23)10-18(15)33-4)28-17-7-5-6-14-16(17)11-27-30(3)20(14)31/h5-11,19,28,32H,12H2,1-4H3. The maximum absolute atomic E-state index is 14.4. The van der Waals surface area contributed by atoms with Crippen LogP contribution in [0.2, 0.25) is 0 Å². The Morgan fingerprint density at radius 1 is 1.21 bits per heavy atom. The van der Waals surface area contributed by atoms with E-state index in [0.29, 0.717) is 0 Å². The summed E-state index contributed by atoms with van der Waals surface area (Å²) < 4.78 is 63.1. The number of ether oxygens (including phenoxy) is 1. The molecule has 33 heavy (non-hydrogen) atoms. The number of fused-ring (bicyclic) bond motifs is 1. The molecule has 178 valence electrons. The SMILES string of the molecule is COc1cc(F)ccc1C(Nc1cccc2c(=O)n(C)ncc12)C(O)(CN(C)C)C(F)(F)F. The first-order valence-corrected chi connectivity index (χ1v) is 9.88. The highest BCUT2D eigenvalue weighted by Crippen LogP contribution is 2.45. The molecule has 2 aromatic carbocycles. The second-order valence-electron chi connectivity index (χ2n) is 7.96. The fourth-order valence-electron chi connectivity index (χ4n) is 3.75. The monoisotopic (exact) mass is 468 g/mol. The summed E-state index contributed by atoms with van der Waals surface area (Å²) in [6.07, 6.45) is -3.75. The lowest BCUT2D eigenvalue weighted by Crippen LogP contribution is -2.58. The van der Waals surface area contributed by atoms with Crippen molar-refractivity contribution in [3.05, 3.63) is 64.3 Å². The topological polar surface area (TPSA) is 79.6 Å². The molecule has 0 spiro atoms. The third-order valence-electron chi connectivity index (χ3n) is 5.32. The highest BCUT2D eigenvalue weighted by molar-refractivity contribution is 5.92. The number of halogens is 4. The summed E-state index contributed by atoms with van der Waals surface area (Å²) in [6.45, 7) is -0.806. The van der Waals surface area contributed by atoms with Crippen LogP contribution in [-0.2, 0) is 7.05 Å². The number of rotatable bonds is 7. The summed E-state index contributed by atoms with van der Waals surface area (Å²) in [4.78, 5) is 13.6. The van der Waals surface area contributed by atoms with Crippen molar-refractivity contribution in [3.8, 4) is 5.75 Å². The molecule has 1 heterocycles. The van der Waals surface area contributed by atoms with E-state index in [4.69, 9.17) is 4.74 Å². The van der Waals surface area contributed by atoms with Crippen molar-refractivity contribution >= 4 is 16.5 Å². The number of aromatic nitrogens is 2. The number of hydrogen-bond acceptors (Lipinski definition) is 6. The summed E-state index contributed by atoms with van der Waals surface area (Å²) in [5.74, 6) is -0.890. The predicted molar refractivity (Wildman–Crippen MR) is 116 cm³/mol. The zero-order valence-electron chi connectivity index (χ0n) is 18.4. The van der Waals surface area contributed by atoms with E-state index in [1.54, 1.807) is 0 Å². The van der Waals surface area contributed by atoms with Gasteiger partial charge in [0.05, 0.1) is 24.7 Å². The van der Waals surface area contributed by atoms with Gasteiger partial charge in [-0.25, -0.2) is 9.07 Å². The highest BCUT2D eigenvalue weighted by Gasteiger charge is 2.60. The quantitative estimate of drug-likeness (QED) is 0.519. The van der Waals surface area contributed by atoms with E-state index < -0.39 is 35.7 Å². The minimum atomic E-state index is -5.09. The van der Waals surface area contributed by atoms with Gasteiger partial charge in [-0.05, 0) is 32.3 Å². The van der Waals surface area contributed by atoms with Crippen molar-refractivity contribution < 1.29 is 27.4 Å². The molecule has 0 radical (unpaired) electrons. The van der Waals surface area contributed by atoms with Crippen molar-refractivity contribution in [2.75, 3.05) is 33.1 Å². The fraction of sp³-hybridized carbons (Fsp3) is 0.364. The minimum absolute atomic E-state index is 0.116. The molecule has 2 unspecified atom stereocenters. The first-order valence-electron chi connectivity index (χ1n) is 9.88. The molecule has 0 aliphatic carbocycles. The molecule has 0 aliphatic heterocycles. The number of alkyl halides is 3. The molecule has 0 aliphatic rings. The summed E-state index contributed by atoms with van der Waals surface area (Å²) in [7, 11) is 5.43. The van der Waals surface area contributed by atoms with Crippen LogP contribution < -0.4 is 15.6 Å². The van der Waals surface area contributed by atoms with Crippen LogP contribution in [0.3, 0.4) is 0 Å². The normalized spacial score (nSPS) is 14.8. The number of aryl methyl sites for hydroxylation is 1. The van der Waals surface area contributed by atoms with Crippen LogP contribution in [0.4, 0.5) is 23.2 Å². The largest absolute Gasteiger partial charge is 0.496 e. The Morgan fingerprint density at radius 2 is 1.91 bits per heavy atom. The molecule has 3 rings (SSSR count). The maximum atomic E-state index is 14.4. The number of aliphatic hydroxyl groups is 1. The highest BCUT2D eigenvalue weighted by atomic mass is 19.4. The molecule has 0 fully saturated rings. The van der Waals surface area contributed by atoms with Crippen LogP contribution in [0.25, 0.3) is 10.8 Å². The van der Waals surface area contributed by atoms with E-state index in [1.165, 1.54) is 57.5 Å². The molecule has 11 heteroatoms. The Morgan fingerprint density at radius 3 is 2.52 bits per heavy atom. The zero-order valence-corrected chi connectivity index (χ0v) is 18.4. The van der Waals surface area contributed by atoms with Crippen LogP contribution in [0.5, 0.6) is 5.75 Å². The van der Waals surface area contributed by atoms with Gasteiger partial charge in [0.15, 0.2) is 5.60 Å². The van der Waals surface area contributed by atoms with Crippen molar-refractivity contribution in [2.45, 2.75) is 17.8 Å². The summed E-state index contributed by atoms with van der Waals surface area (Å²) in [6, 6.07) is 5.72. The van der Waals surface area contributed by atoms with Gasteiger partial charge in [0, 0.05) is 36.3 Å². The predicted octanol–water partition coefficient (Wildman–Crippen LogP) is 3.09. The lowest BCUT2D eigenvalue weighted by atomic mass is 9.86. The molecule has 0 saturated heterocycles. The van der Waals surface area contributed by atoms with Gasteiger partial charge in [-0.3, -0.25) is 4.79 Å². The van der Waals surface area contributed by atoms with Crippen LogP contribution in [0, 0.1) is 5.82 Å². The van der Waals surface area contributed by atoms with E-state index in [-0.39, 0.29) is 27.8 Å². The van der Waals surface area contributed by atoms with Gasteiger partial charge in [0.2, 0.25) is 0 Å². The number of hydrogen-bond donors (Lipinski definition) is 2. The van der Waals surface area contributed by atoms with Crippen molar-refractivity contribution in [1.29, 1.82) is 0 Å². The Hall–Kier alpha value is -3.18. The van der Waals surface area contributed by atoms with Crippen LogP contribution in [-0.4, -0.2) is 59.3 Å². The van der Waals surface area contributed by atoms with Gasteiger partial charge in [0.25, 0.3) is 5.56 Å². The van der Waals surface area contributed by atoms with Crippen molar-refractivity contribution in [3.63, 3.8) is 0 Å². The van der Waals surface area contributed by atoms with E-state index in [2.05, 4.69) is 10.4 Å². The first kappa shape index (κ1) is 24.5. The number of methoxy groups -OCH3 is 1. The fourth-order valence-corrected chi connectivity index (χ4v) is 3.75. The van der Waals surface area contributed by atoms with E-state index >= 15 is 0 Å². The van der Waals surface area contributed by atoms with E-state index in [1.807, 2.05) is 0 Å². The van der Waals surface area contributed by atoms with Gasteiger partial charge in [0.1, 0.15) is 11.6 Å². The Kier molecular flexibility index (Phi) is 6.66. The van der Waals surface area contributed by atoms with Crippen molar-refractivity contribution in [1.82, 2.24) is 14.7 Å². The second kappa shape index (κ2) is 8.99. The molecule has 0 amide bonds. The number of benzene rings is 2. The van der Waals surface area contributed by atoms with Gasteiger partial charge in [-0.1, -0.05) is 12.1 Å². The van der Waals surface area contributed by atoms with E-state index in [0.717, 1.165) is 22.9 Å². The Labute approximate surface area is 187 Å². The zero-order chi connectivity index (χ0) is 24.6. The van der Waals surface area contributed by atoms with Crippen LogP contribution in [0.1, 0.15) is 11.6 Å². The molecule has 0 bridgehead atoms. The number of likely N-dealkylation sites (N-methyl/N-ethyl adjacent to an activating group) is 1. The van der Waals surface area contributed by atoms with E-state index in [9.17, 15) is 27.5 Å². The average molecular weight is 468 g/mol. The molecule has 0 saturated carbocycles. The summed E-state index contributed by atoms with van der Waals surface area (Å²) in [5, 5.41) is 18.3. The number of nitrogens with zero attached hydrogens (tertiary/aromatic N) is 3. The molecule has 3 aromatic rings. The Balaban J connectivity index is 2.28.